The van der Waals surface area contributed by atoms with Crippen molar-refractivity contribution in [3.63, 3.8) is 0 Å². The summed E-state index contributed by atoms with van der Waals surface area (Å²) in [5.41, 5.74) is 10.1. The van der Waals surface area contributed by atoms with E-state index in [0.717, 1.165) is 39.5 Å². The van der Waals surface area contributed by atoms with Gasteiger partial charge in [0.1, 0.15) is 0 Å². The third-order valence-corrected chi connectivity index (χ3v) is 6.49. The SMILES string of the molecule is C(=Nc1ccc(-c2ccccc2)cc1)c1cc(-c2ccccc2)n(-c2ccccc2)c1-c1ccccc1. The Labute approximate surface area is 217 Å². The summed E-state index contributed by atoms with van der Waals surface area (Å²) in [5.74, 6) is 0. The molecule has 2 heteroatoms. The van der Waals surface area contributed by atoms with Crippen LogP contribution in [0, 0.1) is 0 Å². The van der Waals surface area contributed by atoms with Crippen LogP contribution in [0.2, 0.25) is 0 Å². The maximum absolute atomic E-state index is 4.90. The maximum atomic E-state index is 4.90. The molecule has 5 aromatic carbocycles. The Morgan fingerprint density at radius 3 is 1.54 bits per heavy atom. The van der Waals surface area contributed by atoms with Gasteiger partial charge >= 0.3 is 0 Å². The zero-order valence-electron chi connectivity index (χ0n) is 20.4. The topological polar surface area (TPSA) is 17.3 Å². The molecule has 176 valence electrons. The number of hydrogen-bond donors (Lipinski definition) is 0. The Hall–Kier alpha value is -4.95. The van der Waals surface area contributed by atoms with Gasteiger partial charge in [0.05, 0.1) is 17.1 Å². The zero-order valence-corrected chi connectivity index (χ0v) is 20.4. The molecule has 0 aliphatic carbocycles. The van der Waals surface area contributed by atoms with Gasteiger partial charge in [-0.25, -0.2) is 0 Å². The second-order valence-corrected chi connectivity index (χ2v) is 8.91. The molecule has 0 bridgehead atoms. The fourth-order valence-electron chi connectivity index (χ4n) is 4.70. The van der Waals surface area contributed by atoms with Crippen molar-refractivity contribution in [2.24, 2.45) is 4.99 Å². The summed E-state index contributed by atoms with van der Waals surface area (Å²) < 4.78 is 2.34. The lowest BCUT2D eigenvalue weighted by atomic mass is 10.1. The highest BCUT2D eigenvalue weighted by Crippen LogP contribution is 2.35. The largest absolute Gasteiger partial charge is 0.309 e. The highest BCUT2D eigenvalue weighted by molar-refractivity contribution is 5.94. The van der Waals surface area contributed by atoms with E-state index >= 15 is 0 Å². The molecule has 6 aromatic rings. The van der Waals surface area contributed by atoms with E-state index in [0.29, 0.717) is 0 Å². The number of aliphatic imine (C=N–C) groups is 1. The van der Waals surface area contributed by atoms with Crippen LogP contribution >= 0.6 is 0 Å². The number of para-hydroxylation sites is 1. The van der Waals surface area contributed by atoms with Crippen molar-refractivity contribution in [3.05, 3.63) is 157 Å². The average molecular weight is 475 g/mol. The minimum atomic E-state index is 0.924. The molecule has 0 unspecified atom stereocenters. The summed E-state index contributed by atoms with van der Waals surface area (Å²) in [4.78, 5) is 4.90. The first-order valence-corrected chi connectivity index (χ1v) is 12.5. The van der Waals surface area contributed by atoms with Crippen molar-refractivity contribution < 1.29 is 0 Å². The van der Waals surface area contributed by atoms with Crippen LogP contribution < -0.4 is 0 Å². The monoisotopic (exact) mass is 474 g/mol. The highest BCUT2D eigenvalue weighted by Gasteiger charge is 2.18. The van der Waals surface area contributed by atoms with Gasteiger partial charge in [-0.1, -0.05) is 121 Å². The molecule has 0 radical (unpaired) electrons. The lowest BCUT2D eigenvalue weighted by Gasteiger charge is -2.15. The Balaban J connectivity index is 1.48. The third kappa shape index (κ3) is 4.78. The number of nitrogens with zero attached hydrogens (tertiary/aromatic N) is 2. The summed E-state index contributed by atoms with van der Waals surface area (Å²) in [6.07, 6.45) is 1.99. The number of rotatable bonds is 6. The van der Waals surface area contributed by atoms with Crippen LogP contribution in [0.15, 0.2) is 157 Å². The molecule has 0 aliphatic rings. The minimum absolute atomic E-state index is 0.924. The van der Waals surface area contributed by atoms with Crippen molar-refractivity contribution in [2.45, 2.75) is 0 Å². The van der Waals surface area contributed by atoms with E-state index in [4.69, 9.17) is 4.99 Å². The first kappa shape index (κ1) is 22.5. The fourth-order valence-corrected chi connectivity index (χ4v) is 4.70. The summed E-state index contributed by atoms with van der Waals surface area (Å²) in [6.45, 7) is 0. The van der Waals surface area contributed by atoms with Crippen LogP contribution in [0.1, 0.15) is 5.56 Å². The first-order chi connectivity index (χ1) is 18.4. The molecule has 0 amide bonds. The van der Waals surface area contributed by atoms with Gasteiger partial charge in [0, 0.05) is 17.5 Å². The molecule has 0 fully saturated rings. The second-order valence-electron chi connectivity index (χ2n) is 8.91. The first-order valence-electron chi connectivity index (χ1n) is 12.5. The predicted octanol–water partition coefficient (Wildman–Crippen LogP) is 9.23. The Morgan fingerprint density at radius 1 is 0.459 bits per heavy atom. The van der Waals surface area contributed by atoms with E-state index in [9.17, 15) is 0 Å². The van der Waals surface area contributed by atoms with Crippen molar-refractivity contribution in [2.75, 3.05) is 0 Å². The van der Waals surface area contributed by atoms with Crippen LogP contribution in [-0.4, -0.2) is 10.8 Å². The number of benzene rings is 5. The average Bonchev–Trinajstić information content (AvgIpc) is 3.38. The van der Waals surface area contributed by atoms with E-state index in [2.05, 4.69) is 150 Å². The Morgan fingerprint density at radius 2 is 0.946 bits per heavy atom. The molecule has 0 saturated heterocycles. The van der Waals surface area contributed by atoms with Gasteiger partial charge in [-0.2, -0.15) is 0 Å². The van der Waals surface area contributed by atoms with Crippen LogP contribution in [-0.2, 0) is 0 Å². The highest BCUT2D eigenvalue weighted by atomic mass is 15.0. The Bertz CT molecular complexity index is 1610. The molecule has 6 rings (SSSR count). The van der Waals surface area contributed by atoms with Gasteiger partial charge < -0.3 is 4.57 Å². The molecule has 1 aromatic heterocycles. The van der Waals surface area contributed by atoms with E-state index in [1.807, 2.05) is 12.3 Å². The second kappa shape index (κ2) is 10.3. The lowest BCUT2D eigenvalue weighted by molar-refractivity contribution is 1.09. The molecular formula is C35H26N2. The molecular weight excluding hydrogens is 448 g/mol. The Kier molecular flexibility index (Phi) is 6.30. The van der Waals surface area contributed by atoms with E-state index in [1.165, 1.54) is 11.1 Å². The van der Waals surface area contributed by atoms with Gasteiger partial charge in [0.15, 0.2) is 0 Å². The minimum Gasteiger partial charge on any atom is -0.309 e. The summed E-state index contributed by atoms with van der Waals surface area (Å²) >= 11 is 0. The van der Waals surface area contributed by atoms with Gasteiger partial charge in [-0.15, -0.1) is 0 Å². The molecule has 0 N–H and O–H groups in total. The van der Waals surface area contributed by atoms with Crippen molar-refractivity contribution >= 4 is 11.9 Å². The maximum Gasteiger partial charge on any atom is 0.0630 e. The predicted molar refractivity (Wildman–Crippen MR) is 156 cm³/mol. The standard InChI is InChI=1S/C35H26N2/c1-5-13-27(14-6-1)28-21-23-32(24-22-28)36-26-31-25-34(29-15-7-2-8-16-29)37(33-19-11-4-12-20-33)35(31)30-17-9-3-10-18-30/h1-26H. The van der Waals surface area contributed by atoms with Crippen molar-refractivity contribution in [3.8, 4) is 39.3 Å². The van der Waals surface area contributed by atoms with Crippen LogP contribution in [0.4, 0.5) is 5.69 Å². The number of aromatic nitrogens is 1. The third-order valence-electron chi connectivity index (χ3n) is 6.49. The van der Waals surface area contributed by atoms with E-state index in [-0.39, 0.29) is 0 Å². The van der Waals surface area contributed by atoms with Crippen LogP contribution in [0.5, 0.6) is 0 Å². The fraction of sp³-hybridized carbons (Fsp3) is 0. The smallest absolute Gasteiger partial charge is 0.0630 e. The van der Waals surface area contributed by atoms with Gasteiger partial charge in [-0.05, 0) is 52.6 Å². The van der Waals surface area contributed by atoms with Crippen LogP contribution in [0.3, 0.4) is 0 Å². The lowest BCUT2D eigenvalue weighted by Crippen LogP contribution is -2.00. The van der Waals surface area contributed by atoms with Gasteiger partial charge in [0.25, 0.3) is 0 Å². The molecule has 0 atom stereocenters. The van der Waals surface area contributed by atoms with E-state index < -0.39 is 0 Å². The molecule has 0 saturated carbocycles. The molecule has 2 nitrogen and oxygen atoms in total. The molecule has 0 aliphatic heterocycles. The quantitative estimate of drug-likeness (QED) is 0.214. The van der Waals surface area contributed by atoms with Crippen LogP contribution in [0.25, 0.3) is 39.3 Å². The number of hydrogen-bond acceptors (Lipinski definition) is 1. The van der Waals surface area contributed by atoms with Crippen molar-refractivity contribution in [1.82, 2.24) is 4.57 Å². The zero-order chi connectivity index (χ0) is 24.9. The summed E-state index contributed by atoms with van der Waals surface area (Å²) in [5, 5.41) is 0. The molecule has 37 heavy (non-hydrogen) atoms. The van der Waals surface area contributed by atoms with Crippen molar-refractivity contribution in [1.29, 1.82) is 0 Å². The summed E-state index contributed by atoms with van der Waals surface area (Å²) in [6, 6.07) is 52.7. The normalized spacial score (nSPS) is 11.1. The van der Waals surface area contributed by atoms with Gasteiger partial charge in [-0.3, -0.25) is 4.99 Å². The van der Waals surface area contributed by atoms with Gasteiger partial charge in [0.2, 0.25) is 0 Å². The molecule has 0 spiro atoms. The van der Waals surface area contributed by atoms with E-state index in [1.54, 1.807) is 0 Å². The summed E-state index contributed by atoms with van der Waals surface area (Å²) in [7, 11) is 0. The molecule has 1 heterocycles.